The highest BCUT2D eigenvalue weighted by atomic mass is 35.5. The van der Waals surface area contributed by atoms with Gasteiger partial charge in [-0.2, -0.15) is 5.10 Å². The largest absolute Gasteiger partial charge is 0.311 e. The minimum Gasteiger partial charge on any atom is -0.311 e. The van der Waals surface area contributed by atoms with Crippen molar-refractivity contribution in [2.24, 2.45) is 12.5 Å². The summed E-state index contributed by atoms with van der Waals surface area (Å²) in [6.45, 7) is 10.4. The monoisotopic (exact) mass is 311 g/mol. The van der Waals surface area contributed by atoms with Crippen LogP contribution in [0.25, 0.3) is 11.2 Å². The lowest BCUT2D eigenvalue weighted by molar-refractivity contribution is 0.211. The first-order valence-electron chi connectivity index (χ1n) is 7.31. The van der Waals surface area contributed by atoms with Crippen molar-refractivity contribution in [1.29, 1.82) is 0 Å². The molecule has 118 valence electrons. The SMILES string of the molecule is Cc1nn(C)c2c1nc(C(C)Cl)n2CC(C)(C)CN(C)C. The molecule has 2 rings (SSSR count). The number of fused-ring (bicyclic) bond motifs is 1. The van der Waals surface area contributed by atoms with Crippen molar-refractivity contribution in [2.75, 3.05) is 20.6 Å². The zero-order valence-corrected chi connectivity index (χ0v) is 14.9. The van der Waals surface area contributed by atoms with Crippen LogP contribution in [0.1, 0.15) is 37.7 Å². The fraction of sp³-hybridized carbons (Fsp3) is 0.733. The Kier molecular flexibility index (Phi) is 4.36. The van der Waals surface area contributed by atoms with Gasteiger partial charge in [0, 0.05) is 20.1 Å². The van der Waals surface area contributed by atoms with E-state index in [1.807, 2.05) is 25.6 Å². The van der Waals surface area contributed by atoms with Crippen LogP contribution in [0.3, 0.4) is 0 Å². The number of nitrogens with zero attached hydrogens (tertiary/aromatic N) is 5. The Morgan fingerprint density at radius 3 is 2.48 bits per heavy atom. The minimum absolute atomic E-state index is 0.119. The Balaban J connectivity index is 2.53. The van der Waals surface area contributed by atoms with Gasteiger partial charge in [0.1, 0.15) is 11.3 Å². The van der Waals surface area contributed by atoms with E-state index in [0.717, 1.165) is 35.8 Å². The van der Waals surface area contributed by atoms with Crippen LogP contribution in [0.15, 0.2) is 0 Å². The van der Waals surface area contributed by atoms with E-state index in [9.17, 15) is 0 Å². The van der Waals surface area contributed by atoms with Gasteiger partial charge in [-0.1, -0.05) is 13.8 Å². The number of rotatable bonds is 5. The van der Waals surface area contributed by atoms with E-state index in [-0.39, 0.29) is 10.8 Å². The predicted molar refractivity (Wildman–Crippen MR) is 87.8 cm³/mol. The Bertz CT molecular complexity index is 636. The van der Waals surface area contributed by atoms with E-state index in [2.05, 4.69) is 42.5 Å². The summed E-state index contributed by atoms with van der Waals surface area (Å²) in [5, 5.41) is 4.36. The van der Waals surface area contributed by atoms with Crippen LogP contribution in [-0.4, -0.2) is 44.9 Å². The lowest BCUT2D eigenvalue weighted by Gasteiger charge is -2.29. The smallest absolute Gasteiger partial charge is 0.158 e. The number of halogens is 1. The maximum absolute atomic E-state index is 6.35. The van der Waals surface area contributed by atoms with Crippen LogP contribution in [-0.2, 0) is 13.6 Å². The third-order valence-electron chi connectivity index (χ3n) is 3.61. The molecule has 0 N–H and O–H groups in total. The van der Waals surface area contributed by atoms with Gasteiger partial charge in [0.15, 0.2) is 5.65 Å². The van der Waals surface area contributed by atoms with Gasteiger partial charge in [0.05, 0.1) is 11.1 Å². The van der Waals surface area contributed by atoms with E-state index in [1.54, 1.807) is 0 Å². The van der Waals surface area contributed by atoms with Crippen molar-refractivity contribution >= 4 is 22.8 Å². The second kappa shape index (κ2) is 5.61. The summed E-state index contributed by atoms with van der Waals surface area (Å²) in [5.74, 6) is 0.926. The van der Waals surface area contributed by atoms with Crippen LogP contribution in [0.5, 0.6) is 0 Å². The Morgan fingerprint density at radius 1 is 1.33 bits per heavy atom. The third-order valence-corrected chi connectivity index (χ3v) is 3.80. The maximum atomic E-state index is 6.35. The molecule has 6 heteroatoms. The van der Waals surface area contributed by atoms with Crippen LogP contribution in [0.2, 0.25) is 0 Å². The van der Waals surface area contributed by atoms with Gasteiger partial charge in [-0.05, 0) is 33.4 Å². The highest BCUT2D eigenvalue weighted by Gasteiger charge is 2.26. The summed E-state index contributed by atoms with van der Waals surface area (Å²) >= 11 is 6.35. The molecule has 0 saturated carbocycles. The summed E-state index contributed by atoms with van der Waals surface area (Å²) < 4.78 is 4.14. The molecule has 2 heterocycles. The zero-order chi connectivity index (χ0) is 15.9. The summed E-state index contributed by atoms with van der Waals surface area (Å²) in [6.07, 6.45) is 0. The highest BCUT2D eigenvalue weighted by Crippen LogP contribution is 2.30. The number of alkyl halides is 1. The third kappa shape index (κ3) is 3.24. The molecule has 5 nitrogen and oxygen atoms in total. The molecule has 0 fully saturated rings. The van der Waals surface area contributed by atoms with Crippen LogP contribution in [0, 0.1) is 12.3 Å². The first-order valence-corrected chi connectivity index (χ1v) is 7.74. The molecular weight excluding hydrogens is 286 g/mol. The molecule has 2 aromatic heterocycles. The van der Waals surface area contributed by atoms with E-state index in [4.69, 9.17) is 16.6 Å². The van der Waals surface area contributed by atoms with Gasteiger partial charge < -0.3 is 9.47 Å². The molecule has 0 saturated heterocycles. The van der Waals surface area contributed by atoms with Crippen molar-refractivity contribution in [1.82, 2.24) is 24.2 Å². The topological polar surface area (TPSA) is 38.9 Å². The molecule has 0 spiro atoms. The second-order valence-corrected chi connectivity index (χ2v) is 7.61. The van der Waals surface area contributed by atoms with E-state index < -0.39 is 0 Å². The lowest BCUT2D eigenvalue weighted by atomic mass is 9.92. The predicted octanol–water partition coefficient (Wildman–Crippen LogP) is 2.97. The fourth-order valence-corrected chi connectivity index (χ4v) is 3.31. The Morgan fingerprint density at radius 2 is 1.95 bits per heavy atom. The number of hydrogen-bond donors (Lipinski definition) is 0. The molecule has 0 aliphatic carbocycles. The van der Waals surface area contributed by atoms with Gasteiger partial charge in [-0.25, -0.2) is 4.98 Å². The minimum atomic E-state index is -0.119. The number of aryl methyl sites for hydroxylation is 2. The molecule has 21 heavy (non-hydrogen) atoms. The number of aromatic nitrogens is 4. The zero-order valence-electron chi connectivity index (χ0n) is 14.1. The van der Waals surface area contributed by atoms with E-state index >= 15 is 0 Å². The molecule has 0 bridgehead atoms. The number of hydrogen-bond acceptors (Lipinski definition) is 3. The second-order valence-electron chi connectivity index (χ2n) is 6.96. The standard InChI is InChI=1S/C15H26ClN5/c1-10(16)13-17-12-11(2)18-20(7)14(12)21(13)9-15(3,4)8-19(5)6/h10H,8-9H2,1-7H3. The quantitative estimate of drug-likeness (QED) is 0.797. The lowest BCUT2D eigenvalue weighted by Crippen LogP contribution is -2.33. The average molecular weight is 312 g/mol. The van der Waals surface area contributed by atoms with Crippen molar-refractivity contribution < 1.29 is 0 Å². The van der Waals surface area contributed by atoms with Gasteiger partial charge in [-0.3, -0.25) is 4.68 Å². The molecule has 0 aromatic carbocycles. The summed E-state index contributed by atoms with van der Waals surface area (Å²) in [4.78, 5) is 6.94. The summed E-state index contributed by atoms with van der Waals surface area (Å²) in [7, 11) is 6.17. The molecule has 0 aliphatic rings. The van der Waals surface area contributed by atoms with E-state index in [1.165, 1.54) is 0 Å². The molecule has 1 unspecified atom stereocenters. The van der Waals surface area contributed by atoms with Crippen molar-refractivity contribution in [3.63, 3.8) is 0 Å². The molecule has 0 aliphatic heterocycles. The molecule has 2 aromatic rings. The van der Waals surface area contributed by atoms with Crippen molar-refractivity contribution in [3.05, 3.63) is 11.5 Å². The fourth-order valence-electron chi connectivity index (χ4n) is 3.15. The number of imidazole rings is 1. The van der Waals surface area contributed by atoms with Crippen LogP contribution < -0.4 is 0 Å². The molecule has 0 radical (unpaired) electrons. The van der Waals surface area contributed by atoms with Crippen LogP contribution >= 0.6 is 11.6 Å². The molecular formula is C15H26ClN5. The maximum Gasteiger partial charge on any atom is 0.158 e. The van der Waals surface area contributed by atoms with Gasteiger partial charge in [0.2, 0.25) is 0 Å². The average Bonchev–Trinajstić information content (AvgIpc) is 2.77. The Hall–Kier alpha value is -1.07. The van der Waals surface area contributed by atoms with Gasteiger partial charge >= 0.3 is 0 Å². The summed E-state index contributed by atoms with van der Waals surface area (Å²) in [6, 6.07) is 0. The highest BCUT2D eigenvalue weighted by molar-refractivity contribution is 6.20. The van der Waals surface area contributed by atoms with Crippen LogP contribution in [0.4, 0.5) is 0 Å². The van der Waals surface area contributed by atoms with Crippen molar-refractivity contribution in [2.45, 2.75) is 39.6 Å². The first kappa shape index (κ1) is 16.3. The Labute approximate surface area is 131 Å². The van der Waals surface area contributed by atoms with Gasteiger partial charge in [-0.15, -0.1) is 11.6 Å². The first-order chi connectivity index (χ1) is 9.62. The normalized spacial score (nSPS) is 14.3. The molecule has 1 atom stereocenters. The van der Waals surface area contributed by atoms with Crippen molar-refractivity contribution in [3.8, 4) is 0 Å². The summed E-state index contributed by atoms with van der Waals surface area (Å²) in [5.41, 5.74) is 3.09. The van der Waals surface area contributed by atoms with E-state index in [0.29, 0.717) is 0 Å². The molecule has 0 amide bonds. The van der Waals surface area contributed by atoms with Gasteiger partial charge in [0.25, 0.3) is 0 Å².